The minimum atomic E-state index is -0.261. The largest absolute Gasteiger partial charge is 0.454 e. The van der Waals surface area contributed by atoms with Crippen molar-refractivity contribution in [2.45, 2.75) is 26.0 Å². The van der Waals surface area contributed by atoms with E-state index in [2.05, 4.69) is 31.1 Å². The predicted octanol–water partition coefficient (Wildman–Crippen LogP) is 1.71. The number of halogens is 1. The van der Waals surface area contributed by atoms with Gasteiger partial charge in [0.15, 0.2) is 17.5 Å². The van der Waals surface area contributed by atoms with Gasteiger partial charge in [-0.3, -0.25) is 0 Å². The molecule has 6 nitrogen and oxygen atoms in total. The maximum absolute atomic E-state index is 9.68. The quantitative estimate of drug-likeness (QED) is 0.627. The average molecular weight is 370 g/mol. The molecule has 0 aliphatic carbocycles. The monoisotopic (exact) mass is 369 g/mol. The van der Waals surface area contributed by atoms with Gasteiger partial charge in [-0.2, -0.15) is 0 Å². The first kappa shape index (κ1) is 15.4. The molecule has 2 aliphatic rings. The number of β-amino-alcohol motifs (C(OH)–C–C–N with tert-alkyl or cyclic N) is 1. The van der Waals surface area contributed by atoms with Crippen molar-refractivity contribution in [1.29, 1.82) is 0 Å². The van der Waals surface area contributed by atoms with Crippen LogP contribution in [0.5, 0.6) is 11.5 Å². The van der Waals surface area contributed by atoms with E-state index in [0.717, 1.165) is 47.0 Å². The summed E-state index contributed by atoms with van der Waals surface area (Å²) in [5.74, 6) is 2.34. The van der Waals surface area contributed by atoms with E-state index in [1.165, 1.54) is 0 Å². The molecule has 0 aromatic heterocycles. The minimum absolute atomic E-state index is 0.259. The molecule has 0 spiro atoms. The van der Waals surface area contributed by atoms with Crippen LogP contribution in [0, 0.1) is 0 Å². The normalized spacial score (nSPS) is 20.6. The zero-order valence-electron chi connectivity index (χ0n) is 12.5. The molecule has 0 amide bonds. The zero-order chi connectivity index (χ0) is 15.5. The Morgan fingerprint density at radius 2 is 2.36 bits per heavy atom. The van der Waals surface area contributed by atoms with Crippen LogP contribution >= 0.6 is 15.9 Å². The maximum Gasteiger partial charge on any atom is 0.231 e. The lowest BCUT2D eigenvalue weighted by Gasteiger charge is -2.21. The summed E-state index contributed by atoms with van der Waals surface area (Å²) in [6.45, 7) is 5.11. The maximum atomic E-state index is 9.68. The van der Waals surface area contributed by atoms with E-state index < -0.39 is 0 Å². The number of aliphatic hydroxyl groups is 1. The van der Waals surface area contributed by atoms with Crippen LogP contribution in [0.15, 0.2) is 21.6 Å². The summed E-state index contributed by atoms with van der Waals surface area (Å²) in [4.78, 5) is 6.76. The number of aliphatic hydroxyl groups excluding tert-OH is 1. The fourth-order valence-corrected chi connectivity index (χ4v) is 3.24. The van der Waals surface area contributed by atoms with Crippen molar-refractivity contribution in [2.75, 3.05) is 26.4 Å². The summed E-state index contributed by atoms with van der Waals surface area (Å²) in [6, 6.07) is 3.96. The number of fused-ring (bicyclic) bond motifs is 1. The molecule has 1 aromatic rings. The highest BCUT2D eigenvalue weighted by Gasteiger charge is 2.23. The van der Waals surface area contributed by atoms with Gasteiger partial charge < -0.3 is 24.8 Å². The van der Waals surface area contributed by atoms with Gasteiger partial charge in [-0.25, -0.2) is 4.99 Å². The summed E-state index contributed by atoms with van der Waals surface area (Å²) >= 11 is 3.50. The molecule has 1 atom stereocenters. The molecule has 2 aliphatic heterocycles. The Morgan fingerprint density at radius 3 is 3.09 bits per heavy atom. The summed E-state index contributed by atoms with van der Waals surface area (Å²) in [5, 5.41) is 13.0. The lowest BCUT2D eigenvalue weighted by molar-refractivity contribution is 0.173. The van der Waals surface area contributed by atoms with E-state index in [1.807, 2.05) is 19.1 Å². The van der Waals surface area contributed by atoms with Crippen molar-refractivity contribution >= 4 is 21.9 Å². The van der Waals surface area contributed by atoms with Crippen molar-refractivity contribution in [3.8, 4) is 11.5 Å². The van der Waals surface area contributed by atoms with Crippen LogP contribution in [0.25, 0.3) is 0 Å². The summed E-state index contributed by atoms with van der Waals surface area (Å²) in [5.41, 5.74) is 1.05. The predicted molar refractivity (Wildman–Crippen MR) is 87.3 cm³/mol. The first-order valence-corrected chi connectivity index (χ1v) is 8.26. The fraction of sp³-hybridized carbons (Fsp3) is 0.533. The van der Waals surface area contributed by atoms with Crippen molar-refractivity contribution in [1.82, 2.24) is 10.2 Å². The number of rotatable bonds is 3. The number of hydrogen-bond acceptors (Lipinski definition) is 4. The Morgan fingerprint density at radius 1 is 1.50 bits per heavy atom. The molecule has 0 unspecified atom stereocenters. The molecule has 120 valence electrons. The van der Waals surface area contributed by atoms with Gasteiger partial charge >= 0.3 is 0 Å². The van der Waals surface area contributed by atoms with Gasteiger partial charge in [0, 0.05) is 19.6 Å². The van der Waals surface area contributed by atoms with Gasteiger partial charge in [-0.1, -0.05) is 0 Å². The van der Waals surface area contributed by atoms with E-state index in [9.17, 15) is 5.11 Å². The third-order valence-electron chi connectivity index (χ3n) is 3.70. The second-order valence-electron chi connectivity index (χ2n) is 5.37. The van der Waals surface area contributed by atoms with E-state index in [4.69, 9.17) is 9.47 Å². The van der Waals surface area contributed by atoms with Gasteiger partial charge in [-0.05, 0) is 47.0 Å². The molecule has 2 heterocycles. The van der Waals surface area contributed by atoms with E-state index in [0.29, 0.717) is 13.1 Å². The highest BCUT2D eigenvalue weighted by Crippen LogP contribution is 2.40. The molecular formula is C15H20BrN3O3. The molecule has 0 radical (unpaired) electrons. The van der Waals surface area contributed by atoms with Crippen molar-refractivity contribution < 1.29 is 14.6 Å². The van der Waals surface area contributed by atoms with Crippen LogP contribution in [0.4, 0.5) is 0 Å². The Bertz CT molecular complexity index is 579. The Labute approximate surface area is 138 Å². The molecule has 7 heteroatoms. The molecule has 1 fully saturated rings. The molecule has 1 aromatic carbocycles. The second kappa shape index (κ2) is 6.75. The topological polar surface area (TPSA) is 66.3 Å². The third-order valence-corrected chi connectivity index (χ3v) is 4.29. The zero-order valence-corrected chi connectivity index (χ0v) is 14.1. The number of guanidine groups is 1. The van der Waals surface area contributed by atoms with E-state index in [1.54, 1.807) is 0 Å². The Hall–Kier alpha value is -1.47. The first-order chi connectivity index (χ1) is 10.7. The van der Waals surface area contributed by atoms with Gasteiger partial charge in [0.1, 0.15) is 0 Å². The van der Waals surface area contributed by atoms with Gasteiger partial charge in [0.25, 0.3) is 0 Å². The fourth-order valence-electron chi connectivity index (χ4n) is 2.64. The number of likely N-dealkylation sites (tertiary alicyclic amines) is 1. The van der Waals surface area contributed by atoms with E-state index in [-0.39, 0.29) is 12.9 Å². The number of benzene rings is 1. The number of aliphatic imine (C=N–C) groups is 1. The molecule has 0 saturated carbocycles. The lowest BCUT2D eigenvalue weighted by atomic mass is 10.2. The molecule has 0 bridgehead atoms. The van der Waals surface area contributed by atoms with Crippen LogP contribution in [0.1, 0.15) is 18.9 Å². The number of nitrogens with one attached hydrogen (secondary N) is 1. The van der Waals surface area contributed by atoms with Crippen LogP contribution in [-0.4, -0.2) is 48.5 Å². The molecular weight excluding hydrogens is 350 g/mol. The van der Waals surface area contributed by atoms with Crippen molar-refractivity contribution in [3.63, 3.8) is 0 Å². The SMILES string of the molecule is CCNC(=NCc1cc(Br)c2c(c1)OCO2)N1CC[C@@H](O)C1. The van der Waals surface area contributed by atoms with E-state index >= 15 is 0 Å². The second-order valence-corrected chi connectivity index (χ2v) is 6.22. The number of hydrogen-bond donors (Lipinski definition) is 2. The summed E-state index contributed by atoms with van der Waals surface area (Å²) in [7, 11) is 0. The lowest BCUT2D eigenvalue weighted by Crippen LogP contribution is -2.40. The average Bonchev–Trinajstić information content (AvgIpc) is 3.12. The highest BCUT2D eigenvalue weighted by atomic mass is 79.9. The smallest absolute Gasteiger partial charge is 0.231 e. The molecule has 1 saturated heterocycles. The van der Waals surface area contributed by atoms with Crippen molar-refractivity contribution in [2.24, 2.45) is 4.99 Å². The van der Waals surface area contributed by atoms with Crippen LogP contribution in [-0.2, 0) is 6.54 Å². The number of ether oxygens (including phenoxy) is 2. The molecule has 3 rings (SSSR count). The molecule has 2 N–H and O–H groups in total. The van der Waals surface area contributed by atoms with Gasteiger partial charge in [0.05, 0.1) is 17.1 Å². The standard InChI is InChI=1S/C15H20BrN3O3/c1-2-17-15(19-4-3-11(20)8-19)18-7-10-5-12(16)14-13(6-10)21-9-22-14/h5-6,11,20H,2-4,7-9H2,1H3,(H,17,18)/t11-/m1/s1. The summed E-state index contributed by atoms with van der Waals surface area (Å²) in [6.07, 6.45) is 0.531. The summed E-state index contributed by atoms with van der Waals surface area (Å²) < 4.78 is 11.7. The van der Waals surface area contributed by atoms with Crippen LogP contribution in [0.3, 0.4) is 0 Å². The van der Waals surface area contributed by atoms with Gasteiger partial charge in [0.2, 0.25) is 6.79 Å². The molecule has 22 heavy (non-hydrogen) atoms. The first-order valence-electron chi connectivity index (χ1n) is 7.46. The Kier molecular flexibility index (Phi) is 4.73. The number of nitrogens with zero attached hydrogens (tertiary/aromatic N) is 2. The van der Waals surface area contributed by atoms with Crippen LogP contribution < -0.4 is 14.8 Å². The van der Waals surface area contributed by atoms with Gasteiger partial charge in [-0.15, -0.1) is 0 Å². The van der Waals surface area contributed by atoms with Crippen LogP contribution in [0.2, 0.25) is 0 Å². The third kappa shape index (κ3) is 3.30. The minimum Gasteiger partial charge on any atom is -0.454 e. The highest BCUT2D eigenvalue weighted by molar-refractivity contribution is 9.10. The van der Waals surface area contributed by atoms with Crippen molar-refractivity contribution in [3.05, 3.63) is 22.2 Å². The Balaban J connectivity index is 1.74.